The van der Waals surface area contributed by atoms with E-state index in [-0.39, 0.29) is 0 Å². The van der Waals surface area contributed by atoms with Crippen molar-refractivity contribution >= 4 is 0 Å². The molecule has 0 N–H and O–H groups in total. The minimum Gasteiger partial charge on any atom is -0.467 e. The van der Waals surface area contributed by atoms with Crippen LogP contribution >= 0.6 is 0 Å². The van der Waals surface area contributed by atoms with Crippen molar-refractivity contribution in [3.05, 3.63) is 29.6 Å². The van der Waals surface area contributed by atoms with Crippen LogP contribution in [0.3, 0.4) is 0 Å². The Hall–Kier alpha value is -0.720. The number of hydrogen-bond acceptors (Lipinski definition) is 1. The minimum atomic E-state index is 0.785. The quantitative estimate of drug-likeness (QED) is 0.619. The van der Waals surface area contributed by atoms with Gasteiger partial charge in [0.2, 0.25) is 0 Å². The van der Waals surface area contributed by atoms with Crippen molar-refractivity contribution in [3.63, 3.8) is 0 Å². The molecule has 0 amide bonds. The Kier molecular flexibility index (Phi) is 5.65. The van der Waals surface area contributed by atoms with E-state index in [1.807, 2.05) is 19.9 Å². The van der Waals surface area contributed by atoms with Crippen molar-refractivity contribution in [2.45, 2.75) is 59.8 Å². The first kappa shape index (κ1) is 13.3. The van der Waals surface area contributed by atoms with E-state index in [1.54, 1.807) is 0 Å². The third-order valence-corrected chi connectivity index (χ3v) is 3.22. The highest BCUT2D eigenvalue weighted by Crippen LogP contribution is 2.29. The molecule has 0 aromatic rings. The lowest BCUT2D eigenvalue weighted by molar-refractivity contribution is 0.293. The zero-order valence-electron chi connectivity index (χ0n) is 11.1. The summed E-state index contributed by atoms with van der Waals surface area (Å²) in [7, 11) is 0. The average molecular weight is 220 g/mol. The van der Waals surface area contributed by atoms with E-state index in [9.17, 15) is 0 Å². The van der Waals surface area contributed by atoms with Gasteiger partial charge in [-0.1, -0.05) is 39.5 Å². The van der Waals surface area contributed by atoms with Gasteiger partial charge in [-0.25, -0.2) is 0 Å². The highest BCUT2D eigenvalue weighted by Gasteiger charge is 2.15. The second-order valence-electron chi connectivity index (χ2n) is 4.66. The van der Waals surface area contributed by atoms with Crippen molar-refractivity contribution in [1.29, 1.82) is 0 Å². The van der Waals surface area contributed by atoms with Gasteiger partial charge in [-0.2, -0.15) is 0 Å². The topological polar surface area (TPSA) is 9.23 Å². The van der Waals surface area contributed by atoms with Crippen LogP contribution in [0.15, 0.2) is 23.2 Å². The summed E-state index contributed by atoms with van der Waals surface area (Å²) in [6.07, 6.45) is 11.6. The molecule has 0 saturated heterocycles. The lowest BCUT2D eigenvalue weighted by atomic mass is 9.89. The molecule has 1 atom stereocenters. The molecule has 1 nitrogen and oxygen atoms in total. The Balaban J connectivity index is 2.48. The van der Waals surface area contributed by atoms with E-state index in [2.05, 4.69) is 20.3 Å². The minimum absolute atomic E-state index is 0.785. The van der Waals surface area contributed by atoms with Crippen LogP contribution in [0.25, 0.3) is 0 Å². The monoisotopic (exact) mass is 220 g/mol. The largest absolute Gasteiger partial charge is 0.467 e. The Labute approximate surface area is 101 Å². The molecule has 1 rings (SSSR count). The molecule has 0 aliphatic carbocycles. The van der Waals surface area contributed by atoms with Gasteiger partial charge in [0.05, 0.1) is 5.76 Å². The SMILES string of the molecule is CCCCC(CC)CC1=C(C)OC(C)=C[C]1. The summed E-state index contributed by atoms with van der Waals surface area (Å²) in [6.45, 7) is 8.55. The van der Waals surface area contributed by atoms with E-state index in [1.165, 1.54) is 31.3 Å². The van der Waals surface area contributed by atoms with E-state index in [0.29, 0.717) is 0 Å². The van der Waals surface area contributed by atoms with Crippen LogP contribution in [0.4, 0.5) is 0 Å². The van der Waals surface area contributed by atoms with Crippen molar-refractivity contribution < 1.29 is 4.74 Å². The lowest BCUT2D eigenvalue weighted by Gasteiger charge is -2.21. The van der Waals surface area contributed by atoms with Gasteiger partial charge in [0.15, 0.2) is 0 Å². The molecule has 0 fully saturated rings. The Bertz CT molecular complexity index is 273. The maximum Gasteiger partial charge on any atom is 0.101 e. The smallest absolute Gasteiger partial charge is 0.101 e. The molecule has 1 aliphatic heterocycles. The van der Waals surface area contributed by atoms with Crippen molar-refractivity contribution in [1.82, 2.24) is 0 Å². The molecular formula is C15H24O. The average Bonchev–Trinajstić information content (AvgIpc) is 2.27. The number of unbranched alkanes of at least 4 members (excludes halogenated alkanes) is 1. The summed E-state index contributed by atoms with van der Waals surface area (Å²) < 4.78 is 5.63. The van der Waals surface area contributed by atoms with Crippen molar-refractivity contribution in [2.24, 2.45) is 5.92 Å². The lowest BCUT2D eigenvalue weighted by Crippen LogP contribution is -2.06. The van der Waals surface area contributed by atoms with Crippen LogP contribution < -0.4 is 0 Å². The van der Waals surface area contributed by atoms with E-state index >= 15 is 0 Å². The van der Waals surface area contributed by atoms with Crippen molar-refractivity contribution in [2.75, 3.05) is 0 Å². The van der Waals surface area contributed by atoms with Gasteiger partial charge in [0.1, 0.15) is 5.76 Å². The normalized spacial score (nSPS) is 18.1. The molecule has 1 aliphatic rings. The van der Waals surface area contributed by atoms with Crippen LogP contribution in [0.1, 0.15) is 59.8 Å². The molecule has 1 unspecified atom stereocenters. The van der Waals surface area contributed by atoms with E-state index < -0.39 is 0 Å². The highest BCUT2D eigenvalue weighted by atomic mass is 16.5. The molecule has 0 aromatic heterocycles. The molecule has 0 spiro atoms. The predicted molar refractivity (Wildman–Crippen MR) is 68.7 cm³/mol. The van der Waals surface area contributed by atoms with Crippen LogP contribution in [-0.4, -0.2) is 0 Å². The van der Waals surface area contributed by atoms with Gasteiger partial charge in [0, 0.05) is 6.42 Å². The first-order valence-corrected chi connectivity index (χ1v) is 6.48. The van der Waals surface area contributed by atoms with E-state index in [0.717, 1.165) is 23.9 Å². The Morgan fingerprint density at radius 3 is 2.62 bits per heavy atom. The molecular weight excluding hydrogens is 196 g/mol. The second kappa shape index (κ2) is 6.78. The van der Waals surface area contributed by atoms with Crippen molar-refractivity contribution in [3.8, 4) is 0 Å². The molecule has 1 heteroatoms. The fourth-order valence-corrected chi connectivity index (χ4v) is 2.06. The fraction of sp³-hybridized carbons (Fsp3) is 0.667. The summed E-state index contributed by atoms with van der Waals surface area (Å²) in [5, 5.41) is 0. The Morgan fingerprint density at radius 1 is 1.31 bits per heavy atom. The molecule has 2 radical (unpaired) electrons. The Morgan fingerprint density at radius 2 is 2.06 bits per heavy atom. The molecule has 0 saturated carbocycles. The first-order chi connectivity index (χ1) is 7.67. The first-order valence-electron chi connectivity index (χ1n) is 6.48. The summed E-state index contributed by atoms with van der Waals surface area (Å²) in [5.41, 5.74) is 1.26. The predicted octanol–water partition coefficient (Wildman–Crippen LogP) is 4.88. The molecule has 0 bridgehead atoms. The van der Waals surface area contributed by atoms with Crippen LogP contribution in [0.2, 0.25) is 0 Å². The van der Waals surface area contributed by atoms with E-state index in [4.69, 9.17) is 4.74 Å². The van der Waals surface area contributed by atoms with Gasteiger partial charge in [-0.15, -0.1) is 0 Å². The summed E-state index contributed by atoms with van der Waals surface area (Å²) in [6, 6.07) is 0. The third-order valence-electron chi connectivity index (χ3n) is 3.22. The zero-order valence-corrected chi connectivity index (χ0v) is 11.1. The summed E-state index contributed by atoms with van der Waals surface area (Å²) >= 11 is 0. The fourth-order valence-electron chi connectivity index (χ4n) is 2.06. The van der Waals surface area contributed by atoms with Crippen LogP contribution in [-0.2, 0) is 4.74 Å². The third kappa shape index (κ3) is 4.03. The summed E-state index contributed by atoms with van der Waals surface area (Å²) in [5.74, 6) is 2.77. The second-order valence-corrected chi connectivity index (χ2v) is 4.66. The number of rotatable bonds is 6. The van der Waals surface area contributed by atoms with Crippen LogP contribution in [0.5, 0.6) is 0 Å². The van der Waals surface area contributed by atoms with Gasteiger partial charge in [-0.3, -0.25) is 0 Å². The molecule has 16 heavy (non-hydrogen) atoms. The summed E-state index contributed by atoms with van der Waals surface area (Å²) in [4.78, 5) is 0. The standard InChI is InChI=1S/C15H24O/c1-5-7-8-14(6-2)11-15-10-9-12(3)16-13(15)4/h9,14H,5-8,11H2,1-4H3. The number of allylic oxidation sites excluding steroid dienone is 4. The van der Waals surface area contributed by atoms with Gasteiger partial charge < -0.3 is 4.74 Å². The number of ether oxygens (including phenoxy) is 1. The molecule has 0 aromatic carbocycles. The molecule has 90 valence electrons. The molecule has 1 heterocycles. The zero-order chi connectivity index (χ0) is 12.0. The van der Waals surface area contributed by atoms with Gasteiger partial charge in [0.25, 0.3) is 0 Å². The van der Waals surface area contributed by atoms with Gasteiger partial charge in [-0.05, 0) is 37.8 Å². The van der Waals surface area contributed by atoms with Crippen LogP contribution in [0, 0.1) is 12.3 Å². The maximum absolute atomic E-state index is 5.63. The number of hydrogen-bond donors (Lipinski definition) is 0. The van der Waals surface area contributed by atoms with Gasteiger partial charge >= 0.3 is 0 Å². The maximum atomic E-state index is 5.63. The highest BCUT2D eigenvalue weighted by molar-refractivity contribution is 5.29.